The summed E-state index contributed by atoms with van der Waals surface area (Å²) in [7, 11) is 1.53. The molecule has 34 heavy (non-hydrogen) atoms. The van der Waals surface area contributed by atoms with E-state index >= 15 is 0 Å². The predicted molar refractivity (Wildman–Crippen MR) is 118 cm³/mol. The molecule has 2 aromatic rings. The fourth-order valence-corrected chi connectivity index (χ4v) is 3.79. The Bertz CT molecular complexity index is 1050. The predicted octanol–water partition coefficient (Wildman–Crippen LogP) is 4.32. The number of carbonyl (C=O) groups is 2. The maximum Gasteiger partial charge on any atom is 0.416 e. The summed E-state index contributed by atoms with van der Waals surface area (Å²) >= 11 is 0. The number of nitro benzene ring substituents is 1. The number of piperazine rings is 1. The summed E-state index contributed by atoms with van der Waals surface area (Å²) in [6, 6.07) is 9.18. The van der Waals surface area contributed by atoms with E-state index < -0.39 is 22.4 Å². The van der Waals surface area contributed by atoms with E-state index in [0.717, 1.165) is 12.1 Å². The fraction of sp³-hybridized carbons (Fsp3) is 0.391. The molecule has 2 aromatic carbocycles. The number of halogens is 3. The second-order valence-corrected chi connectivity index (χ2v) is 7.83. The van der Waals surface area contributed by atoms with Crippen LogP contribution in [0.2, 0.25) is 0 Å². The van der Waals surface area contributed by atoms with Crippen LogP contribution in [0, 0.1) is 10.1 Å². The Morgan fingerprint density at radius 2 is 1.68 bits per heavy atom. The zero-order valence-electron chi connectivity index (χ0n) is 18.5. The van der Waals surface area contributed by atoms with Crippen molar-refractivity contribution in [1.82, 2.24) is 4.90 Å². The van der Waals surface area contributed by atoms with Crippen molar-refractivity contribution in [2.24, 2.45) is 0 Å². The molecule has 0 N–H and O–H groups in total. The van der Waals surface area contributed by atoms with Gasteiger partial charge in [-0.2, -0.15) is 13.2 Å². The maximum absolute atomic E-state index is 12.9. The number of hydrogen-bond donors (Lipinski definition) is 0. The Labute approximate surface area is 194 Å². The van der Waals surface area contributed by atoms with E-state index in [1.165, 1.54) is 7.11 Å². The summed E-state index contributed by atoms with van der Waals surface area (Å²) in [4.78, 5) is 38.5. The summed E-state index contributed by atoms with van der Waals surface area (Å²) in [6.07, 6.45) is -3.89. The van der Waals surface area contributed by atoms with Crippen LogP contribution in [0.25, 0.3) is 0 Å². The van der Waals surface area contributed by atoms with Crippen LogP contribution in [0.3, 0.4) is 0 Å². The number of nitrogens with zero attached hydrogens (tertiary/aromatic N) is 3. The zero-order valence-corrected chi connectivity index (χ0v) is 18.5. The molecule has 0 aliphatic carbocycles. The maximum atomic E-state index is 12.9. The van der Waals surface area contributed by atoms with Gasteiger partial charge in [-0.1, -0.05) is 0 Å². The number of ether oxygens (including phenoxy) is 1. The number of nitro groups is 1. The molecule has 3 rings (SSSR count). The van der Waals surface area contributed by atoms with E-state index in [1.807, 2.05) is 0 Å². The lowest BCUT2D eigenvalue weighted by molar-refractivity contribution is -0.384. The first-order valence-electron chi connectivity index (χ1n) is 10.7. The van der Waals surface area contributed by atoms with E-state index in [1.54, 1.807) is 34.1 Å². The van der Waals surface area contributed by atoms with Crippen molar-refractivity contribution in [3.05, 3.63) is 63.7 Å². The first kappa shape index (κ1) is 25.0. The second-order valence-electron chi connectivity index (χ2n) is 7.83. The van der Waals surface area contributed by atoms with Crippen LogP contribution in [0.5, 0.6) is 5.75 Å². The molecule has 1 fully saturated rings. The number of carbonyl (C=O) groups excluding carboxylic acids is 2. The van der Waals surface area contributed by atoms with Crippen LogP contribution in [-0.4, -0.2) is 54.8 Å². The molecule has 182 valence electrons. The third kappa shape index (κ3) is 6.03. The highest BCUT2D eigenvalue weighted by atomic mass is 19.4. The Morgan fingerprint density at radius 3 is 2.24 bits per heavy atom. The number of rotatable bonds is 8. The van der Waals surface area contributed by atoms with Gasteiger partial charge < -0.3 is 14.5 Å². The van der Waals surface area contributed by atoms with Crippen LogP contribution in [0.1, 0.15) is 35.2 Å². The van der Waals surface area contributed by atoms with Crippen LogP contribution < -0.4 is 9.64 Å². The monoisotopic (exact) mass is 479 g/mol. The van der Waals surface area contributed by atoms with Crippen molar-refractivity contribution in [1.29, 1.82) is 0 Å². The zero-order chi connectivity index (χ0) is 24.9. The number of benzene rings is 2. The van der Waals surface area contributed by atoms with E-state index in [2.05, 4.69) is 0 Å². The van der Waals surface area contributed by atoms with Gasteiger partial charge in [0, 0.05) is 50.7 Å². The average Bonchev–Trinajstić information content (AvgIpc) is 2.83. The molecule has 0 radical (unpaired) electrons. The smallest absolute Gasteiger partial charge is 0.416 e. The van der Waals surface area contributed by atoms with E-state index in [4.69, 9.17) is 4.74 Å². The van der Waals surface area contributed by atoms with Gasteiger partial charge in [-0.05, 0) is 42.8 Å². The SMILES string of the molecule is COc1ccc(C(=O)CCCC(=O)N2CCN(c3ccc(C(F)(F)F)cc3[N+](=O)[O-])CC2)cc1. The first-order chi connectivity index (χ1) is 16.1. The molecule has 1 amide bonds. The number of amides is 1. The Morgan fingerprint density at radius 1 is 1.03 bits per heavy atom. The van der Waals surface area contributed by atoms with Gasteiger partial charge in [-0.15, -0.1) is 0 Å². The summed E-state index contributed by atoms with van der Waals surface area (Å²) in [6.45, 7) is 1.07. The van der Waals surface area contributed by atoms with Crippen LogP contribution >= 0.6 is 0 Å². The molecule has 1 aliphatic rings. The van der Waals surface area contributed by atoms with Crippen molar-refractivity contribution in [2.45, 2.75) is 25.4 Å². The number of alkyl halides is 3. The fourth-order valence-electron chi connectivity index (χ4n) is 3.79. The standard InChI is InChI=1S/C23H24F3N3O5/c1-34-18-8-5-16(6-9-18)21(30)3-2-4-22(31)28-13-11-27(12-14-28)19-10-7-17(23(24,25)26)15-20(19)29(32)33/h5-10,15H,2-4,11-14H2,1H3. The first-order valence-corrected chi connectivity index (χ1v) is 10.7. The Kier molecular flexibility index (Phi) is 7.75. The molecule has 1 heterocycles. The van der Waals surface area contributed by atoms with Crippen LogP contribution in [0.15, 0.2) is 42.5 Å². The van der Waals surface area contributed by atoms with Crippen molar-refractivity contribution >= 4 is 23.1 Å². The van der Waals surface area contributed by atoms with E-state index in [0.29, 0.717) is 23.8 Å². The highest BCUT2D eigenvalue weighted by Gasteiger charge is 2.34. The molecule has 1 aliphatic heterocycles. The van der Waals surface area contributed by atoms with Crippen LogP contribution in [-0.2, 0) is 11.0 Å². The van der Waals surface area contributed by atoms with Crippen molar-refractivity contribution in [2.75, 3.05) is 38.2 Å². The Hall–Kier alpha value is -3.63. The van der Waals surface area contributed by atoms with Gasteiger partial charge in [0.1, 0.15) is 11.4 Å². The number of anilines is 1. The molecular formula is C23H24F3N3O5. The van der Waals surface area contributed by atoms with Gasteiger partial charge in [0.05, 0.1) is 17.6 Å². The normalized spacial score (nSPS) is 14.1. The highest BCUT2D eigenvalue weighted by molar-refractivity contribution is 5.96. The lowest BCUT2D eigenvalue weighted by atomic mass is 10.0. The molecule has 8 nitrogen and oxygen atoms in total. The minimum Gasteiger partial charge on any atom is -0.497 e. The summed E-state index contributed by atoms with van der Waals surface area (Å²) in [5, 5.41) is 11.3. The molecule has 0 spiro atoms. The van der Waals surface area contributed by atoms with Gasteiger partial charge in [0.25, 0.3) is 5.69 Å². The molecular weight excluding hydrogens is 455 g/mol. The number of hydrogen-bond acceptors (Lipinski definition) is 6. The molecule has 11 heteroatoms. The Balaban J connectivity index is 1.52. The second kappa shape index (κ2) is 10.5. The lowest BCUT2D eigenvalue weighted by Crippen LogP contribution is -2.48. The largest absolute Gasteiger partial charge is 0.497 e. The van der Waals surface area contributed by atoms with E-state index in [-0.39, 0.29) is 56.4 Å². The van der Waals surface area contributed by atoms with Crippen molar-refractivity contribution in [3.63, 3.8) is 0 Å². The number of ketones is 1. The minimum atomic E-state index is -4.68. The minimum absolute atomic E-state index is 0.0742. The highest BCUT2D eigenvalue weighted by Crippen LogP contribution is 2.36. The quantitative estimate of drug-likeness (QED) is 0.318. The molecule has 0 saturated carbocycles. The topological polar surface area (TPSA) is 93.0 Å². The third-order valence-corrected chi connectivity index (χ3v) is 5.68. The van der Waals surface area contributed by atoms with Gasteiger partial charge in [0.15, 0.2) is 5.78 Å². The van der Waals surface area contributed by atoms with E-state index in [9.17, 15) is 32.9 Å². The van der Waals surface area contributed by atoms with Crippen molar-refractivity contribution in [3.8, 4) is 5.75 Å². The van der Waals surface area contributed by atoms with Gasteiger partial charge in [0.2, 0.25) is 5.91 Å². The van der Waals surface area contributed by atoms with Crippen molar-refractivity contribution < 1.29 is 32.4 Å². The molecule has 0 aromatic heterocycles. The molecule has 0 unspecified atom stereocenters. The van der Waals surface area contributed by atoms with Crippen LogP contribution in [0.4, 0.5) is 24.5 Å². The molecule has 0 bridgehead atoms. The summed E-state index contributed by atoms with van der Waals surface area (Å²) < 4.78 is 43.8. The average molecular weight is 479 g/mol. The molecule has 0 atom stereocenters. The third-order valence-electron chi connectivity index (χ3n) is 5.68. The van der Waals surface area contributed by atoms with Gasteiger partial charge >= 0.3 is 6.18 Å². The summed E-state index contributed by atoms with van der Waals surface area (Å²) in [5.74, 6) is 0.437. The number of Topliss-reactive ketones (excluding diaryl/α,β-unsaturated/α-hetero) is 1. The summed E-state index contributed by atoms with van der Waals surface area (Å²) in [5.41, 5.74) is -1.07. The number of methoxy groups -OCH3 is 1. The lowest BCUT2D eigenvalue weighted by Gasteiger charge is -2.36. The van der Waals surface area contributed by atoms with Gasteiger partial charge in [-0.3, -0.25) is 19.7 Å². The molecule has 1 saturated heterocycles. The van der Waals surface area contributed by atoms with Gasteiger partial charge in [-0.25, -0.2) is 0 Å².